The van der Waals surface area contributed by atoms with Crippen molar-refractivity contribution in [2.75, 3.05) is 5.32 Å². The Labute approximate surface area is 194 Å². The lowest BCUT2D eigenvalue weighted by atomic mass is 10.0. The van der Waals surface area contributed by atoms with Crippen molar-refractivity contribution in [1.29, 1.82) is 5.26 Å². The van der Waals surface area contributed by atoms with E-state index in [9.17, 15) is 14.4 Å². The molecular weight excluding hydrogens is 446 g/mol. The summed E-state index contributed by atoms with van der Waals surface area (Å²) in [6.45, 7) is 0.0855. The zero-order valence-electron chi connectivity index (χ0n) is 16.7. The first-order valence-corrected chi connectivity index (χ1v) is 10.5. The normalized spacial score (nSPS) is 15.1. The first kappa shape index (κ1) is 21.6. The maximum atomic E-state index is 13.1. The van der Waals surface area contributed by atoms with E-state index in [0.717, 1.165) is 16.0 Å². The summed E-state index contributed by atoms with van der Waals surface area (Å²) in [5.74, 6) is -1.40. The molecule has 0 aromatic heterocycles. The highest BCUT2D eigenvalue weighted by Gasteiger charge is 2.38. The van der Waals surface area contributed by atoms with Crippen molar-refractivity contribution in [3.05, 3.63) is 87.5 Å². The Hall–Kier alpha value is -3.60. The van der Waals surface area contributed by atoms with Crippen LogP contribution in [0.5, 0.6) is 0 Å². The summed E-state index contributed by atoms with van der Waals surface area (Å²) < 4.78 is 0. The molecule has 2 aromatic carbocycles. The molecule has 1 aliphatic carbocycles. The molecule has 0 radical (unpaired) electrons. The van der Waals surface area contributed by atoms with Crippen molar-refractivity contribution in [1.82, 2.24) is 4.90 Å². The molecule has 0 spiro atoms. The number of imide groups is 1. The molecule has 4 rings (SSSR count). The number of nitrogens with one attached hydrogen (secondary N) is 1. The van der Waals surface area contributed by atoms with E-state index < -0.39 is 17.7 Å². The van der Waals surface area contributed by atoms with Crippen LogP contribution in [0.25, 0.3) is 0 Å². The van der Waals surface area contributed by atoms with Crippen LogP contribution in [0, 0.1) is 11.3 Å². The van der Waals surface area contributed by atoms with Gasteiger partial charge >= 0.3 is 0 Å². The van der Waals surface area contributed by atoms with Gasteiger partial charge in [-0.25, -0.2) is 0 Å². The van der Waals surface area contributed by atoms with Gasteiger partial charge in [-0.05, 0) is 29.3 Å². The molecule has 0 saturated heterocycles. The summed E-state index contributed by atoms with van der Waals surface area (Å²) >= 11 is 11.3. The fourth-order valence-electron chi connectivity index (χ4n) is 3.58. The van der Waals surface area contributed by atoms with E-state index in [1.54, 1.807) is 48.5 Å². The quantitative estimate of drug-likeness (QED) is 0.529. The number of benzene rings is 2. The highest BCUT2D eigenvalue weighted by atomic mass is 35.5. The van der Waals surface area contributed by atoms with E-state index in [-0.39, 0.29) is 35.4 Å². The molecule has 1 heterocycles. The van der Waals surface area contributed by atoms with Gasteiger partial charge in [0.05, 0.1) is 41.4 Å². The molecule has 158 valence electrons. The second-order valence-corrected chi connectivity index (χ2v) is 8.23. The number of hydrogen-bond acceptors (Lipinski definition) is 5. The van der Waals surface area contributed by atoms with Crippen LogP contribution in [0.15, 0.2) is 65.2 Å². The third-order valence-electron chi connectivity index (χ3n) is 5.20. The average Bonchev–Trinajstić information content (AvgIpc) is 3.02. The Morgan fingerprint density at radius 2 is 1.84 bits per heavy atom. The number of anilines is 1. The molecule has 6 nitrogen and oxygen atoms in total. The van der Waals surface area contributed by atoms with Crippen LogP contribution in [0.3, 0.4) is 0 Å². The lowest BCUT2D eigenvalue weighted by molar-refractivity contribution is -0.112. The standard InChI is InChI=1S/C24H16ClN3O3S/c25-16-8-9-20(32)18(12-16)22(29)27-19-3-1-2-17-21(19)24(31)28(23(17)30)13-15-6-4-14(5-7-15)10-11-26/h1-8,12H,9-10,13H2,(H,27,29). The minimum atomic E-state index is -0.486. The molecule has 32 heavy (non-hydrogen) atoms. The van der Waals surface area contributed by atoms with Crippen LogP contribution in [0.2, 0.25) is 0 Å². The zero-order valence-corrected chi connectivity index (χ0v) is 18.3. The van der Waals surface area contributed by atoms with Crippen LogP contribution < -0.4 is 5.32 Å². The van der Waals surface area contributed by atoms with Crippen molar-refractivity contribution in [3.63, 3.8) is 0 Å². The highest BCUT2D eigenvalue weighted by Crippen LogP contribution is 2.31. The molecule has 1 aliphatic heterocycles. The van der Waals surface area contributed by atoms with Crippen molar-refractivity contribution in [2.45, 2.75) is 19.4 Å². The highest BCUT2D eigenvalue weighted by molar-refractivity contribution is 7.81. The number of nitrogens with zero attached hydrogens (tertiary/aromatic N) is 2. The van der Waals surface area contributed by atoms with Gasteiger partial charge < -0.3 is 5.32 Å². The summed E-state index contributed by atoms with van der Waals surface area (Å²) in [4.78, 5) is 40.4. The average molecular weight is 462 g/mol. The van der Waals surface area contributed by atoms with E-state index in [4.69, 9.17) is 29.1 Å². The Kier molecular flexibility index (Phi) is 5.99. The molecule has 8 heteroatoms. The lowest BCUT2D eigenvalue weighted by Crippen LogP contribution is -2.29. The smallest absolute Gasteiger partial charge is 0.263 e. The number of thiocarbonyl (C=S) groups is 1. The predicted octanol–water partition coefficient (Wildman–Crippen LogP) is 4.31. The van der Waals surface area contributed by atoms with Crippen LogP contribution in [0.4, 0.5) is 5.69 Å². The van der Waals surface area contributed by atoms with E-state index in [0.29, 0.717) is 16.3 Å². The van der Waals surface area contributed by atoms with Gasteiger partial charge in [-0.15, -0.1) is 0 Å². The second kappa shape index (κ2) is 8.87. The van der Waals surface area contributed by atoms with Gasteiger partial charge in [0.2, 0.25) is 0 Å². The first-order valence-electron chi connectivity index (χ1n) is 9.75. The van der Waals surface area contributed by atoms with Gasteiger partial charge in [0.15, 0.2) is 0 Å². The molecule has 1 N–H and O–H groups in total. The minimum absolute atomic E-state index is 0.0855. The van der Waals surface area contributed by atoms with Gasteiger partial charge in [0.25, 0.3) is 17.7 Å². The van der Waals surface area contributed by atoms with Gasteiger partial charge in [-0.3, -0.25) is 19.3 Å². The molecule has 0 saturated carbocycles. The predicted molar refractivity (Wildman–Crippen MR) is 124 cm³/mol. The maximum absolute atomic E-state index is 13.1. The van der Waals surface area contributed by atoms with Gasteiger partial charge in [0.1, 0.15) is 0 Å². The Morgan fingerprint density at radius 1 is 1.12 bits per heavy atom. The summed E-state index contributed by atoms with van der Waals surface area (Å²) in [6, 6.07) is 14.0. The number of halogens is 1. The molecule has 2 aromatic rings. The molecule has 0 unspecified atom stereocenters. The lowest BCUT2D eigenvalue weighted by Gasteiger charge is -2.15. The molecule has 0 fully saturated rings. The number of nitriles is 1. The molecular formula is C24H16ClN3O3S. The number of amides is 3. The summed E-state index contributed by atoms with van der Waals surface area (Å²) in [6.07, 6.45) is 3.88. The largest absolute Gasteiger partial charge is 0.321 e. The van der Waals surface area contributed by atoms with Crippen LogP contribution in [-0.4, -0.2) is 27.5 Å². The van der Waals surface area contributed by atoms with Crippen molar-refractivity contribution in [2.24, 2.45) is 0 Å². The van der Waals surface area contributed by atoms with E-state index >= 15 is 0 Å². The van der Waals surface area contributed by atoms with Gasteiger partial charge in [-0.1, -0.05) is 60.2 Å². The summed E-state index contributed by atoms with van der Waals surface area (Å²) in [5.41, 5.74) is 2.49. The number of hydrogen-bond donors (Lipinski definition) is 1. The third kappa shape index (κ3) is 4.11. The van der Waals surface area contributed by atoms with Gasteiger partial charge in [-0.2, -0.15) is 5.26 Å². The van der Waals surface area contributed by atoms with Crippen molar-refractivity contribution in [3.8, 4) is 6.07 Å². The molecule has 0 bridgehead atoms. The van der Waals surface area contributed by atoms with E-state index in [1.807, 2.05) is 0 Å². The number of carbonyl (C=O) groups is 3. The third-order valence-corrected chi connectivity index (χ3v) is 5.85. The monoisotopic (exact) mass is 461 g/mol. The minimum Gasteiger partial charge on any atom is -0.321 e. The van der Waals surface area contributed by atoms with Crippen molar-refractivity contribution >= 4 is 52.1 Å². The molecule has 0 atom stereocenters. The van der Waals surface area contributed by atoms with E-state index in [2.05, 4.69) is 11.4 Å². The van der Waals surface area contributed by atoms with Crippen LogP contribution >= 0.6 is 23.8 Å². The maximum Gasteiger partial charge on any atom is 0.263 e. The number of rotatable bonds is 5. The van der Waals surface area contributed by atoms with E-state index in [1.165, 1.54) is 6.08 Å². The SMILES string of the molecule is N#CCc1ccc(CN2C(=O)c3cccc(NC(=O)C4=CC(Cl)=CCC4=S)c3C2=O)cc1. The fourth-order valence-corrected chi connectivity index (χ4v) is 4.00. The van der Waals surface area contributed by atoms with Crippen molar-refractivity contribution < 1.29 is 14.4 Å². The topological polar surface area (TPSA) is 90.3 Å². The van der Waals surface area contributed by atoms with Crippen LogP contribution in [0.1, 0.15) is 38.3 Å². The zero-order chi connectivity index (χ0) is 22.8. The Balaban J connectivity index is 1.58. The molecule has 2 aliphatic rings. The molecule has 3 amide bonds. The number of allylic oxidation sites excluding steroid dienone is 3. The Bertz CT molecular complexity index is 1270. The number of fused-ring (bicyclic) bond motifs is 1. The summed E-state index contributed by atoms with van der Waals surface area (Å²) in [5, 5.41) is 11.9. The second-order valence-electron chi connectivity index (χ2n) is 7.30. The fraction of sp³-hybridized carbons (Fsp3) is 0.125. The van der Waals surface area contributed by atoms with Crippen LogP contribution in [-0.2, 0) is 17.8 Å². The summed E-state index contributed by atoms with van der Waals surface area (Å²) in [7, 11) is 0. The first-order chi connectivity index (χ1) is 15.4. The number of carbonyl (C=O) groups excluding carboxylic acids is 3. The Morgan fingerprint density at radius 3 is 2.56 bits per heavy atom. The van der Waals surface area contributed by atoms with Gasteiger partial charge in [0, 0.05) is 16.3 Å².